The number of aromatic nitrogens is 4. The molecule has 3 N–H and O–H groups in total. The fourth-order valence-corrected chi connectivity index (χ4v) is 7.54. The molecule has 6 rings (SSSR count). The Labute approximate surface area is 235 Å². The Morgan fingerprint density at radius 2 is 2.05 bits per heavy atom. The first kappa shape index (κ1) is 26.1. The number of imidazole rings is 1. The van der Waals surface area contributed by atoms with Gasteiger partial charge in [-0.15, -0.1) is 0 Å². The van der Waals surface area contributed by atoms with E-state index >= 15 is 0 Å². The molecule has 2 atom stereocenters. The molecule has 0 radical (unpaired) electrons. The van der Waals surface area contributed by atoms with Crippen molar-refractivity contribution in [2.75, 3.05) is 30.3 Å². The van der Waals surface area contributed by atoms with E-state index in [1.807, 2.05) is 58.4 Å². The fourth-order valence-electron chi connectivity index (χ4n) is 5.62. The van der Waals surface area contributed by atoms with Gasteiger partial charge in [-0.1, -0.05) is 29.2 Å². The topological polar surface area (TPSA) is 120 Å². The third-order valence-electron chi connectivity index (χ3n) is 7.47. The number of nitrogens with zero attached hydrogens (tertiary/aromatic N) is 5. The first-order valence-electron chi connectivity index (χ1n) is 13.1. The summed E-state index contributed by atoms with van der Waals surface area (Å²) in [5.41, 5.74) is 7.05. The van der Waals surface area contributed by atoms with E-state index in [-0.39, 0.29) is 17.6 Å². The number of thiazole rings is 1. The van der Waals surface area contributed by atoms with Crippen LogP contribution in [0.3, 0.4) is 0 Å². The number of fused-ring (bicyclic) bond motifs is 2. The summed E-state index contributed by atoms with van der Waals surface area (Å²) in [4.78, 5) is 30.9. The molecular formula is C27H33N7O3S2. The molecule has 5 heterocycles. The second kappa shape index (κ2) is 9.83. The van der Waals surface area contributed by atoms with E-state index in [1.54, 1.807) is 11.8 Å². The van der Waals surface area contributed by atoms with Crippen LogP contribution in [0.2, 0.25) is 0 Å². The lowest BCUT2D eigenvalue weighted by atomic mass is 9.73. The number of amides is 1. The molecule has 2 fully saturated rings. The van der Waals surface area contributed by atoms with Gasteiger partial charge < -0.3 is 25.4 Å². The van der Waals surface area contributed by atoms with Crippen LogP contribution in [0.5, 0.6) is 0 Å². The first-order chi connectivity index (χ1) is 18.6. The normalized spacial score (nSPS) is 21.2. The number of nitrogens with two attached hydrogens (primary N) is 1. The van der Waals surface area contributed by atoms with E-state index in [4.69, 9.17) is 20.2 Å². The molecule has 12 heteroatoms. The number of rotatable bonds is 4. The van der Waals surface area contributed by atoms with E-state index in [1.165, 1.54) is 11.3 Å². The maximum Gasteiger partial charge on any atom is 0.407 e. The summed E-state index contributed by atoms with van der Waals surface area (Å²) in [7, 11) is 0. The molecule has 1 aromatic carbocycles. The van der Waals surface area contributed by atoms with Gasteiger partial charge >= 0.3 is 6.09 Å². The SMILES string of the molecule is C[C@@H]1OCC2(CCN(c3ncc(Sc4cccc5nc(N)sc45)c4nccn34)CC2)[C@@H]1NC(=O)OC(C)(C)C. The van der Waals surface area contributed by atoms with E-state index in [2.05, 4.69) is 30.7 Å². The van der Waals surface area contributed by atoms with Gasteiger partial charge in [-0.05, 0) is 52.7 Å². The maximum atomic E-state index is 12.6. The van der Waals surface area contributed by atoms with Gasteiger partial charge in [-0.2, -0.15) is 0 Å². The quantitative estimate of drug-likeness (QED) is 0.352. The average Bonchev–Trinajstić information content (AvgIpc) is 3.59. The number of nitrogen functional groups attached to an aromatic ring is 1. The van der Waals surface area contributed by atoms with Crippen LogP contribution in [-0.4, -0.2) is 62.9 Å². The van der Waals surface area contributed by atoms with Gasteiger partial charge in [0.1, 0.15) is 5.60 Å². The standard InChI is InChI=1S/C27H33N7O3S2/c1-16-21(32-25(35)37-26(2,3)4)27(15-36-16)8-11-33(12-9-27)24-30-14-19(22-29-10-13-34(22)24)38-18-7-5-6-17-20(18)39-23(28)31-17/h5-7,10,13-14,16,21H,8-9,11-12,15H2,1-4H3,(H2,28,31)(H,32,35)/t16-,21+/m0/s1. The van der Waals surface area contributed by atoms with Gasteiger partial charge in [-0.25, -0.2) is 19.7 Å². The molecule has 2 aliphatic rings. The number of anilines is 2. The number of nitrogens with one attached hydrogen (secondary N) is 1. The highest BCUT2D eigenvalue weighted by Crippen LogP contribution is 2.44. The van der Waals surface area contributed by atoms with Gasteiger partial charge in [0.15, 0.2) is 10.8 Å². The molecule has 10 nitrogen and oxygen atoms in total. The van der Waals surface area contributed by atoms with Crippen LogP contribution in [-0.2, 0) is 9.47 Å². The van der Waals surface area contributed by atoms with Crippen molar-refractivity contribution in [2.24, 2.45) is 5.41 Å². The summed E-state index contributed by atoms with van der Waals surface area (Å²) in [6, 6.07) is 5.95. The molecule has 1 amide bonds. The summed E-state index contributed by atoms with van der Waals surface area (Å²) in [6.45, 7) is 9.87. The van der Waals surface area contributed by atoms with Crippen molar-refractivity contribution in [1.82, 2.24) is 24.7 Å². The summed E-state index contributed by atoms with van der Waals surface area (Å²) >= 11 is 3.12. The van der Waals surface area contributed by atoms with Crippen molar-refractivity contribution in [3.63, 3.8) is 0 Å². The molecule has 39 heavy (non-hydrogen) atoms. The highest BCUT2D eigenvalue weighted by Gasteiger charge is 2.50. The van der Waals surface area contributed by atoms with Crippen LogP contribution in [0.4, 0.5) is 15.9 Å². The second-order valence-electron chi connectivity index (χ2n) is 11.3. The lowest BCUT2D eigenvalue weighted by molar-refractivity contribution is 0.0434. The minimum absolute atomic E-state index is 0.0720. The molecule has 0 aliphatic carbocycles. The Balaban J connectivity index is 1.20. The minimum atomic E-state index is -0.546. The molecule has 0 bridgehead atoms. The largest absolute Gasteiger partial charge is 0.444 e. The maximum absolute atomic E-state index is 12.6. The third kappa shape index (κ3) is 5.01. The highest BCUT2D eigenvalue weighted by atomic mass is 32.2. The number of alkyl carbamates (subject to hydrolysis) is 1. The number of ether oxygens (including phenoxy) is 2. The predicted octanol–water partition coefficient (Wildman–Crippen LogP) is 4.97. The first-order valence-corrected chi connectivity index (χ1v) is 14.8. The number of carbonyl (C=O) groups excluding carboxylic acids is 1. The zero-order chi connectivity index (χ0) is 27.4. The molecule has 2 aliphatic heterocycles. The lowest BCUT2D eigenvalue weighted by Crippen LogP contribution is -2.55. The lowest BCUT2D eigenvalue weighted by Gasteiger charge is -2.43. The van der Waals surface area contributed by atoms with Crippen LogP contribution in [0.1, 0.15) is 40.5 Å². The molecule has 0 saturated carbocycles. The van der Waals surface area contributed by atoms with Gasteiger partial charge in [0, 0.05) is 42.0 Å². The van der Waals surface area contributed by atoms with Crippen LogP contribution in [0.25, 0.3) is 15.9 Å². The zero-order valence-electron chi connectivity index (χ0n) is 22.5. The zero-order valence-corrected chi connectivity index (χ0v) is 24.1. The van der Waals surface area contributed by atoms with Gasteiger partial charge in [0.05, 0.1) is 33.9 Å². The Morgan fingerprint density at radius 3 is 2.82 bits per heavy atom. The van der Waals surface area contributed by atoms with E-state index < -0.39 is 11.7 Å². The third-order valence-corrected chi connectivity index (χ3v) is 9.60. The summed E-state index contributed by atoms with van der Waals surface area (Å²) in [6.07, 6.45) is 6.97. The summed E-state index contributed by atoms with van der Waals surface area (Å²) in [5.74, 6) is 0.866. The van der Waals surface area contributed by atoms with Crippen LogP contribution in [0, 0.1) is 5.41 Å². The number of carbonyl (C=O) groups is 1. The molecule has 206 valence electrons. The van der Waals surface area contributed by atoms with Crippen molar-refractivity contribution in [2.45, 2.75) is 68.1 Å². The van der Waals surface area contributed by atoms with Crippen LogP contribution < -0.4 is 16.0 Å². The second-order valence-corrected chi connectivity index (χ2v) is 13.4. The molecule has 2 saturated heterocycles. The monoisotopic (exact) mass is 567 g/mol. The highest BCUT2D eigenvalue weighted by molar-refractivity contribution is 8.00. The van der Waals surface area contributed by atoms with E-state index in [0.717, 1.165) is 57.5 Å². The van der Waals surface area contributed by atoms with Crippen molar-refractivity contribution in [3.05, 3.63) is 36.8 Å². The van der Waals surface area contributed by atoms with Gasteiger partial charge in [0.25, 0.3) is 0 Å². The van der Waals surface area contributed by atoms with Gasteiger partial charge in [0.2, 0.25) is 5.95 Å². The number of hydrogen-bond donors (Lipinski definition) is 2. The van der Waals surface area contributed by atoms with Crippen molar-refractivity contribution >= 4 is 56.1 Å². The number of hydrogen-bond acceptors (Lipinski definition) is 10. The van der Waals surface area contributed by atoms with Crippen molar-refractivity contribution in [1.29, 1.82) is 0 Å². The molecule has 3 aromatic heterocycles. The Morgan fingerprint density at radius 1 is 1.26 bits per heavy atom. The Hall–Kier alpha value is -3.09. The smallest absolute Gasteiger partial charge is 0.407 e. The van der Waals surface area contributed by atoms with E-state index in [9.17, 15) is 4.79 Å². The summed E-state index contributed by atoms with van der Waals surface area (Å²) < 4.78 is 14.7. The van der Waals surface area contributed by atoms with Crippen molar-refractivity contribution < 1.29 is 14.3 Å². The molecular weight excluding hydrogens is 534 g/mol. The van der Waals surface area contributed by atoms with Gasteiger partial charge in [-0.3, -0.25) is 4.40 Å². The van der Waals surface area contributed by atoms with E-state index in [0.29, 0.717) is 11.7 Å². The Kier molecular flexibility index (Phi) is 6.59. The Bertz CT molecular complexity index is 1520. The van der Waals surface area contributed by atoms with Crippen LogP contribution in [0.15, 0.2) is 46.6 Å². The fraction of sp³-hybridized carbons (Fsp3) is 0.481. The van der Waals surface area contributed by atoms with Crippen molar-refractivity contribution in [3.8, 4) is 0 Å². The average molecular weight is 568 g/mol. The summed E-state index contributed by atoms with van der Waals surface area (Å²) in [5, 5.41) is 3.68. The van der Waals surface area contributed by atoms with Crippen LogP contribution >= 0.6 is 23.1 Å². The molecule has 0 unspecified atom stereocenters. The number of benzene rings is 1. The molecule has 4 aromatic rings. The minimum Gasteiger partial charge on any atom is -0.444 e. The number of piperidine rings is 1. The predicted molar refractivity (Wildman–Crippen MR) is 154 cm³/mol. The molecule has 1 spiro atoms.